The van der Waals surface area contributed by atoms with Crippen LogP contribution < -0.4 is 10.4 Å². The summed E-state index contributed by atoms with van der Waals surface area (Å²) in [7, 11) is -2.59. The molecule has 0 saturated heterocycles. The SMILES string of the molecule is C#CC(O)C[C@@H]1C=CC[C@@H]1O[Si](c1ccccc1)(c1ccccc1)C(C)(C)C. The first kappa shape index (κ1) is 20.6. The lowest BCUT2D eigenvalue weighted by atomic mass is 9.99. The normalized spacial score (nSPS) is 20.7. The van der Waals surface area contributed by atoms with Gasteiger partial charge in [-0.25, -0.2) is 0 Å². The Labute approximate surface area is 170 Å². The first-order chi connectivity index (χ1) is 13.4. The molecule has 2 nitrogen and oxygen atoms in total. The minimum Gasteiger partial charge on any atom is -0.404 e. The molecule has 0 amide bonds. The molecule has 0 bridgehead atoms. The zero-order valence-corrected chi connectivity index (χ0v) is 18.0. The predicted octanol–water partition coefficient (Wildman–Crippen LogP) is 3.89. The average molecular weight is 391 g/mol. The number of hydrogen-bond donors (Lipinski definition) is 1. The number of aliphatic hydroxyl groups is 1. The highest BCUT2D eigenvalue weighted by Crippen LogP contribution is 2.40. The topological polar surface area (TPSA) is 29.5 Å². The van der Waals surface area contributed by atoms with Crippen molar-refractivity contribution in [1.29, 1.82) is 0 Å². The Bertz CT molecular complexity index is 791. The standard InChI is InChI=1S/C25H30O2Si/c1-5-21(26)19-20-13-12-18-24(20)27-28(25(2,3)4,22-14-8-6-9-15-22)23-16-10-7-11-17-23/h1,6-17,20-21,24,26H,18-19H2,2-4H3/t20-,21?,24-/m0/s1. The quantitative estimate of drug-likeness (QED) is 0.461. The van der Waals surface area contributed by atoms with Crippen LogP contribution in [0.1, 0.15) is 33.6 Å². The largest absolute Gasteiger partial charge is 0.404 e. The van der Waals surface area contributed by atoms with E-state index in [-0.39, 0.29) is 17.1 Å². The van der Waals surface area contributed by atoms with Crippen molar-refractivity contribution in [3.63, 3.8) is 0 Å². The molecule has 0 saturated carbocycles. The summed E-state index contributed by atoms with van der Waals surface area (Å²) in [5, 5.41) is 12.5. The first-order valence-electron chi connectivity index (χ1n) is 9.98. The van der Waals surface area contributed by atoms with Gasteiger partial charge in [0.05, 0.1) is 6.10 Å². The van der Waals surface area contributed by atoms with Crippen LogP contribution in [0.4, 0.5) is 0 Å². The Morgan fingerprint density at radius 3 is 2.07 bits per heavy atom. The Morgan fingerprint density at radius 2 is 1.61 bits per heavy atom. The molecule has 0 fully saturated rings. The number of aliphatic hydroxyl groups excluding tert-OH is 1. The van der Waals surface area contributed by atoms with E-state index in [1.165, 1.54) is 10.4 Å². The molecule has 0 aromatic heterocycles. The van der Waals surface area contributed by atoms with E-state index in [0.717, 1.165) is 6.42 Å². The number of rotatable bonds is 6. The summed E-state index contributed by atoms with van der Waals surface area (Å²) >= 11 is 0. The second-order valence-electron chi connectivity index (χ2n) is 8.57. The van der Waals surface area contributed by atoms with Crippen molar-refractivity contribution in [2.24, 2.45) is 5.92 Å². The second-order valence-corrected chi connectivity index (χ2v) is 12.8. The van der Waals surface area contributed by atoms with E-state index in [1.54, 1.807) is 0 Å². The van der Waals surface area contributed by atoms with Crippen molar-refractivity contribution >= 4 is 18.7 Å². The third-order valence-corrected chi connectivity index (χ3v) is 10.7. The van der Waals surface area contributed by atoms with Gasteiger partial charge in [0.25, 0.3) is 8.32 Å². The molecular formula is C25H30O2Si. The van der Waals surface area contributed by atoms with Gasteiger partial charge in [-0.1, -0.05) is 99.5 Å². The zero-order valence-electron chi connectivity index (χ0n) is 17.0. The van der Waals surface area contributed by atoms with Crippen molar-refractivity contribution in [2.45, 2.75) is 50.9 Å². The van der Waals surface area contributed by atoms with Gasteiger partial charge in [0.1, 0.15) is 6.10 Å². The van der Waals surface area contributed by atoms with Crippen LogP contribution in [-0.2, 0) is 4.43 Å². The molecule has 0 aliphatic heterocycles. The number of hydrogen-bond acceptors (Lipinski definition) is 2. The monoisotopic (exact) mass is 390 g/mol. The molecule has 0 radical (unpaired) electrons. The van der Waals surface area contributed by atoms with Crippen molar-refractivity contribution in [3.8, 4) is 12.3 Å². The minimum absolute atomic E-state index is 0.0225. The van der Waals surface area contributed by atoms with E-state index in [4.69, 9.17) is 10.8 Å². The molecule has 2 aromatic rings. The van der Waals surface area contributed by atoms with Gasteiger partial charge in [-0.2, -0.15) is 0 Å². The van der Waals surface area contributed by atoms with Crippen LogP contribution >= 0.6 is 0 Å². The van der Waals surface area contributed by atoms with Crippen molar-refractivity contribution < 1.29 is 9.53 Å². The third-order valence-electron chi connectivity index (χ3n) is 5.66. The summed E-state index contributed by atoms with van der Waals surface area (Å²) in [4.78, 5) is 0. The highest BCUT2D eigenvalue weighted by atomic mass is 28.4. The van der Waals surface area contributed by atoms with E-state index in [9.17, 15) is 5.11 Å². The molecule has 146 valence electrons. The molecule has 0 spiro atoms. The Hall–Kier alpha value is -2.12. The fourth-order valence-electron chi connectivity index (χ4n) is 4.30. The highest BCUT2D eigenvalue weighted by Gasteiger charge is 2.52. The van der Waals surface area contributed by atoms with Crippen molar-refractivity contribution in [2.75, 3.05) is 0 Å². The Balaban J connectivity index is 2.08. The van der Waals surface area contributed by atoms with Crippen LogP contribution in [0.2, 0.25) is 5.04 Å². The van der Waals surface area contributed by atoms with E-state index >= 15 is 0 Å². The minimum atomic E-state index is -2.59. The number of benzene rings is 2. The lowest BCUT2D eigenvalue weighted by Gasteiger charge is -2.45. The molecule has 1 aliphatic carbocycles. The predicted molar refractivity (Wildman–Crippen MR) is 119 cm³/mol. The lowest BCUT2D eigenvalue weighted by molar-refractivity contribution is 0.121. The van der Waals surface area contributed by atoms with Gasteiger partial charge < -0.3 is 9.53 Å². The third kappa shape index (κ3) is 4.00. The van der Waals surface area contributed by atoms with Crippen LogP contribution in [0.5, 0.6) is 0 Å². The maximum absolute atomic E-state index is 10.0. The maximum atomic E-state index is 10.0. The van der Waals surface area contributed by atoms with Crippen LogP contribution in [-0.4, -0.2) is 25.6 Å². The van der Waals surface area contributed by atoms with E-state index in [1.807, 2.05) is 0 Å². The van der Waals surface area contributed by atoms with E-state index in [2.05, 4.69) is 99.5 Å². The summed E-state index contributed by atoms with van der Waals surface area (Å²) in [6.07, 6.45) is 10.4. The van der Waals surface area contributed by atoms with Crippen molar-refractivity contribution in [3.05, 3.63) is 72.8 Å². The van der Waals surface area contributed by atoms with Crippen LogP contribution in [0.15, 0.2) is 72.8 Å². The molecule has 1 N–H and O–H groups in total. The Kier molecular flexibility index (Phi) is 6.25. The summed E-state index contributed by atoms with van der Waals surface area (Å²) in [5.41, 5.74) is 0. The molecule has 28 heavy (non-hydrogen) atoms. The molecule has 3 heteroatoms. The van der Waals surface area contributed by atoms with Crippen molar-refractivity contribution in [1.82, 2.24) is 0 Å². The zero-order chi connectivity index (χ0) is 20.2. The summed E-state index contributed by atoms with van der Waals surface area (Å²) in [5.74, 6) is 2.58. The average Bonchev–Trinajstić information content (AvgIpc) is 3.12. The maximum Gasteiger partial charge on any atom is 0.261 e. The summed E-state index contributed by atoms with van der Waals surface area (Å²) in [6.45, 7) is 6.85. The molecule has 3 rings (SSSR count). The van der Waals surface area contributed by atoms with Crippen LogP contribution in [0.25, 0.3) is 0 Å². The highest BCUT2D eigenvalue weighted by molar-refractivity contribution is 6.99. The van der Waals surface area contributed by atoms with Gasteiger partial charge in [-0.3, -0.25) is 0 Å². The summed E-state index contributed by atoms with van der Waals surface area (Å²) < 4.78 is 7.19. The van der Waals surface area contributed by atoms with Gasteiger partial charge in [0, 0.05) is 5.92 Å². The van der Waals surface area contributed by atoms with Gasteiger partial charge in [0.2, 0.25) is 0 Å². The lowest BCUT2D eigenvalue weighted by Crippen LogP contribution is -2.68. The molecular weight excluding hydrogens is 360 g/mol. The van der Waals surface area contributed by atoms with Crippen LogP contribution in [0, 0.1) is 18.3 Å². The smallest absolute Gasteiger partial charge is 0.261 e. The first-order valence-corrected chi connectivity index (χ1v) is 11.9. The fraction of sp³-hybridized carbons (Fsp3) is 0.360. The van der Waals surface area contributed by atoms with Gasteiger partial charge >= 0.3 is 0 Å². The van der Waals surface area contributed by atoms with E-state index < -0.39 is 14.4 Å². The number of terminal acetylenes is 1. The molecule has 3 atom stereocenters. The molecule has 1 unspecified atom stereocenters. The van der Waals surface area contributed by atoms with Gasteiger partial charge in [0.15, 0.2) is 0 Å². The van der Waals surface area contributed by atoms with Crippen LogP contribution in [0.3, 0.4) is 0 Å². The van der Waals surface area contributed by atoms with Gasteiger partial charge in [-0.15, -0.1) is 6.42 Å². The molecule has 2 aromatic carbocycles. The summed E-state index contributed by atoms with van der Waals surface area (Å²) in [6, 6.07) is 21.3. The molecule has 1 aliphatic rings. The Morgan fingerprint density at radius 1 is 1.07 bits per heavy atom. The molecule has 0 heterocycles. The van der Waals surface area contributed by atoms with E-state index in [0.29, 0.717) is 6.42 Å². The fourth-order valence-corrected chi connectivity index (χ4v) is 9.04. The second kappa shape index (κ2) is 8.49. The van der Waals surface area contributed by atoms with Gasteiger partial charge in [-0.05, 0) is 28.3 Å².